The van der Waals surface area contributed by atoms with Crippen molar-refractivity contribution in [3.05, 3.63) is 30.6 Å². The molecule has 0 aliphatic carbocycles. The SMILES string of the molecule is C=CCC[C@@H](CN1CCSCC1)Oc1ncc(CC)cn1. The molecule has 1 aromatic heterocycles. The first-order valence-corrected chi connectivity index (χ1v) is 8.86. The number of hydrogen-bond donors (Lipinski definition) is 0. The van der Waals surface area contributed by atoms with E-state index in [4.69, 9.17) is 4.74 Å². The molecular formula is C16H25N3OS. The number of ether oxygens (including phenoxy) is 1. The predicted molar refractivity (Wildman–Crippen MR) is 89.0 cm³/mol. The summed E-state index contributed by atoms with van der Waals surface area (Å²) < 4.78 is 6.00. The third-order valence-electron chi connectivity index (χ3n) is 3.62. The van der Waals surface area contributed by atoms with Gasteiger partial charge in [-0.3, -0.25) is 4.90 Å². The Balaban J connectivity index is 1.91. The Morgan fingerprint density at radius 1 is 1.38 bits per heavy atom. The van der Waals surface area contributed by atoms with E-state index in [2.05, 4.69) is 28.4 Å². The molecule has 4 nitrogen and oxygen atoms in total. The summed E-state index contributed by atoms with van der Waals surface area (Å²) in [6.07, 6.45) is 8.66. The lowest BCUT2D eigenvalue weighted by molar-refractivity contribution is 0.122. The summed E-state index contributed by atoms with van der Waals surface area (Å²) in [6, 6.07) is 0.493. The molecule has 0 radical (unpaired) electrons. The first kappa shape index (κ1) is 16.3. The Kier molecular flexibility index (Phi) is 7.03. The topological polar surface area (TPSA) is 38.2 Å². The van der Waals surface area contributed by atoms with Gasteiger partial charge < -0.3 is 4.74 Å². The second-order valence-electron chi connectivity index (χ2n) is 5.25. The van der Waals surface area contributed by atoms with E-state index in [1.165, 1.54) is 11.5 Å². The highest BCUT2D eigenvalue weighted by molar-refractivity contribution is 7.99. The number of nitrogens with zero attached hydrogens (tertiary/aromatic N) is 3. The van der Waals surface area contributed by atoms with Gasteiger partial charge in [0.25, 0.3) is 0 Å². The fourth-order valence-electron chi connectivity index (χ4n) is 2.30. The molecule has 1 aliphatic rings. The van der Waals surface area contributed by atoms with Gasteiger partial charge in [-0.1, -0.05) is 13.0 Å². The molecule has 0 spiro atoms. The fourth-order valence-corrected chi connectivity index (χ4v) is 3.28. The molecular weight excluding hydrogens is 282 g/mol. The number of aryl methyl sites for hydroxylation is 1. The third kappa shape index (κ3) is 5.67. The van der Waals surface area contributed by atoms with Crippen molar-refractivity contribution < 1.29 is 4.74 Å². The average molecular weight is 307 g/mol. The van der Waals surface area contributed by atoms with Crippen molar-refractivity contribution >= 4 is 11.8 Å². The Morgan fingerprint density at radius 2 is 2.10 bits per heavy atom. The van der Waals surface area contributed by atoms with Crippen LogP contribution < -0.4 is 4.74 Å². The van der Waals surface area contributed by atoms with Crippen molar-refractivity contribution in [2.24, 2.45) is 0 Å². The highest BCUT2D eigenvalue weighted by Crippen LogP contribution is 2.14. The third-order valence-corrected chi connectivity index (χ3v) is 4.56. The Morgan fingerprint density at radius 3 is 2.71 bits per heavy atom. The molecule has 0 saturated carbocycles. The zero-order valence-corrected chi connectivity index (χ0v) is 13.6. The van der Waals surface area contributed by atoms with Crippen LogP contribution in [0.25, 0.3) is 0 Å². The summed E-state index contributed by atoms with van der Waals surface area (Å²) in [5.74, 6) is 2.44. The largest absolute Gasteiger partial charge is 0.459 e. The van der Waals surface area contributed by atoms with Gasteiger partial charge in [0.05, 0.1) is 0 Å². The maximum absolute atomic E-state index is 6.00. The van der Waals surface area contributed by atoms with Gasteiger partial charge in [0.1, 0.15) is 6.10 Å². The number of allylic oxidation sites excluding steroid dienone is 1. The number of thioether (sulfide) groups is 1. The normalized spacial score (nSPS) is 17.4. The molecule has 1 fully saturated rings. The van der Waals surface area contributed by atoms with Crippen LogP contribution in [0.5, 0.6) is 6.01 Å². The lowest BCUT2D eigenvalue weighted by atomic mass is 10.2. The van der Waals surface area contributed by atoms with Crippen molar-refractivity contribution in [2.75, 3.05) is 31.1 Å². The average Bonchev–Trinajstić information content (AvgIpc) is 2.54. The standard InChI is InChI=1S/C16H25N3OS/c1-3-5-6-15(13-19-7-9-21-10-8-19)20-16-17-11-14(4-2)12-18-16/h3,11-12,15H,1,4-10,13H2,2H3/t15-/m0/s1. The highest BCUT2D eigenvalue weighted by Gasteiger charge is 2.18. The smallest absolute Gasteiger partial charge is 0.316 e. The zero-order chi connectivity index (χ0) is 14.9. The van der Waals surface area contributed by atoms with Crippen LogP contribution in [-0.2, 0) is 6.42 Å². The summed E-state index contributed by atoms with van der Waals surface area (Å²) >= 11 is 2.03. The lowest BCUT2D eigenvalue weighted by Crippen LogP contribution is -2.40. The number of aromatic nitrogens is 2. The van der Waals surface area contributed by atoms with Crippen molar-refractivity contribution in [1.82, 2.24) is 14.9 Å². The quantitative estimate of drug-likeness (QED) is 0.691. The van der Waals surface area contributed by atoms with Crippen LogP contribution >= 0.6 is 11.8 Å². The van der Waals surface area contributed by atoms with Crippen LogP contribution in [0.15, 0.2) is 25.0 Å². The molecule has 116 valence electrons. The van der Waals surface area contributed by atoms with Gasteiger partial charge in [0, 0.05) is 43.5 Å². The predicted octanol–water partition coefficient (Wildman–Crippen LogP) is 2.80. The molecule has 1 saturated heterocycles. The molecule has 21 heavy (non-hydrogen) atoms. The first-order valence-electron chi connectivity index (χ1n) is 7.70. The maximum Gasteiger partial charge on any atom is 0.316 e. The minimum atomic E-state index is 0.138. The molecule has 0 amide bonds. The van der Waals surface area contributed by atoms with Gasteiger partial charge in [-0.2, -0.15) is 11.8 Å². The Bertz CT molecular complexity index is 418. The van der Waals surface area contributed by atoms with Gasteiger partial charge in [0.2, 0.25) is 0 Å². The molecule has 0 unspecified atom stereocenters. The second-order valence-corrected chi connectivity index (χ2v) is 6.47. The summed E-state index contributed by atoms with van der Waals surface area (Å²) in [6.45, 7) is 9.15. The van der Waals surface area contributed by atoms with Crippen LogP contribution in [-0.4, -0.2) is 52.1 Å². The van der Waals surface area contributed by atoms with Crippen molar-refractivity contribution in [2.45, 2.75) is 32.3 Å². The summed E-state index contributed by atoms with van der Waals surface area (Å²) in [5.41, 5.74) is 1.14. The molecule has 1 atom stereocenters. The summed E-state index contributed by atoms with van der Waals surface area (Å²) in [7, 11) is 0. The Labute approximate surface area is 132 Å². The van der Waals surface area contributed by atoms with Gasteiger partial charge in [-0.25, -0.2) is 9.97 Å². The lowest BCUT2D eigenvalue weighted by Gasteiger charge is -2.29. The zero-order valence-electron chi connectivity index (χ0n) is 12.8. The van der Waals surface area contributed by atoms with Crippen LogP contribution in [0.2, 0.25) is 0 Å². The number of rotatable bonds is 8. The molecule has 2 rings (SSSR count). The molecule has 1 aromatic rings. The minimum Gasteiger partial charge on any atom is -0.459 e. The molecule has 1 aliphatic heterocycles. The van der Waals surface area contributed by atoms with Crippen LogP contribution in [0.4, 0.5) is 0 Å². The van der Waals surface area contributed by atoms with E-state index >= 15 is 0 Å². The van der Waals surface area contributed by atoms with E-state index < -0.39 is 0 Å². The van der Waals surface area contributed by atoms with E-state index in [1.807, 2.05) is 30.2 Å². The molecule has 5 heteroatoms. The van der Waals surface area contributed by atoms with E-state index in [-0.39, 0.29) is 6.10 Å². The van der Waals surface area contributed by atoms with Crippen molar-refractivity contribution in [1.29, 1.82) is 0 Å². The van der Waals surface area contributed by atoms with Gasteiger partial charge in [-0.05, 0) is 24.8 Å². The van der Waals surface area contributed by atoms with E-state index in [1.54, 1.807) is 0 Å². The highest BCUT2D eigenvalue weighted by atomic mass is 32.2. The molecule has 2 heterocycles. The summed E-state index contributed by atoms with van der Waals surface area (Å²) in [4.78, 5) is 11.1. The van der Waals surface area contributed by atoms with Crippen LogP contribution in [0.1, 0.15) is 25.3 Å². The monoisotopic (exact) mass is 307 g/mol. The van der Waals surface area contributed by atoms with E-state index in [0.717, 1.165) is 44.5 Å². The summed E-state index contributed by atoms with van der Waals surface area (Å²) in [5, 5.41) is 0. The molecule has 0 aromatic carbocycles. The van der Waals surface area contributed by atoms with Crippen molar-refractivity contribution in [3.8, 4) is 6.01 Å². The van der Waals surface area contributed by atoms with Crippen LogP contribution in [0.3, 0.4) is 0 Å². The van der Waals surface area contributed by atoms with E-state index in [0.29, 0.717) is 6.01 Å². The van der Waals surface area contributed by atoms with Crippen molar-refractivity contribution in [3.63, 3.8) is 0 Å². The van der Waals surface area contributed by atoms with Crippen LogP contribution in [0, 0.1) is 0 Å². The maximum atomic E-state index is 6.00. The molecule has 0 bridgehead atoms. The molecule has 0 N–H and O–H groups in total. The fraction of sp³-hybridized carbons (Fsp3) is 0.625. The Hall–Kier alpha value is -1.07. The van der Waals surface area contributed by atoms with Gasteiger partial charge in [0.15, 0.2) is 0 Å². The van der Waals surface area contributed by atoms with E-state index in [9.17, 15) is 0 Å². The first-order chi connectivity index (χ1) is 10.3. The van der Waals surface area contributed by atoms with Gasteiger partial charge >= 0.3 is 6.01 Å². The number of hydrogen-bond acceptors (Lipinski definition) is 5. The van der Waals surface area contributed by atoms with Gasteiger partial charge in [-0.15, -0.1) is 6.58 Å². The minimum absolute atomic E-state index is 0.138. The second kappa shape index (κ2) is 9.05.